The standard InChI is InChI=1S/C23H21N3O4S/c1-17-25-19(16-31-17)14-29-21-10-5-7-18(13-21)23(28)30-15-22(27)26(12-6-11-24)20-8-3-2-4-9-20/h2-5,7-10,13,16H,6,12,14-15H2,1H3. The molecule has 158 valence electrons. The molecule has 1 aromatic heterocycles. The number of rotatable bonds is 9. The van der Waals surface area contributed by atoms with Crippen LogP contribution >= 0.6 is 11.3 Å². The molecule has 0 radical (unpaired) electrons. The Balaban J connectivity index is 1.59. The number of carbonyl (C=O) groups is 2. The van der Waals surface area contributed by atoms with Gasteiger partial charge in [-0.2, -0.15) is 5.26 Å². The van der Waals surface area contributed by atoms with Gasteiger partial charge in [-0.05, 0) is 37.3 Å². The van der Waals surface area contributed by atoms with Crippen molar-refractivity contribution in [3.05, 3.63) is 76.2 Å². The Morgan fingerprint density at radius 1 is 1.16 bits per heavy atom. The molecular weight excluding hydrogens is 414 g/mol. The lowest BCUT2D eigenvalue weighted by molar-refractivity contribution is -0.121. The third kappa shape index (κ3) is 6.39. The normalized spacial score (nSPS) is 10.2. The van der Waals surface area contributed by atoms with Crippen molar-refractivity contribution >= 4 is 28.9 Å². The highest BCUT2D eigenvalue weighted by atomic mass is 32.1. The van der Waals surface area contributed by atoms with Crippen LogP contribution in [0.4, 0.5) is 5.69 Å². The van der Waals surface area contributed by atoms with E-state index in [0.717, 1.165) is 10.7 Å². The minimum atomic E-state index is -0.628. The molecule has 1 heterocycles. The number of para-hydroxylation sites is 1. The van der Waals surface area contributed by atoms with E-state index in [1.807, 2.05) is 24.4 Å². The fourth-order valence-electron chi connectivity index (χ4n) is 2.80. The van der Waals surface area contributed by atoms with Crippen LogP contribution in [-0.4, -0.2) is 30.0 Å². The number of nitriles is 1. The number of aromatic nitrogens is 1. The largest absolute Gasteiger partial charge is 0.487 e. The van der Waals surface area contributed by atoms with Gasteiger partial charge in [0, 0.05) is 17.6 Å². The third-order valence-corrected chi connectivity index (χ3v) is 5.09. The third-order valence-electron chi connectivity index (χ3n) is 4.27. The van der Waals surface area contributed by atoms with Crippen LogP contribution in [0.1, 0.15) is 27.5 Å². The van der Waals surface area contributed by atoms with Gasteiger partial charge in [-0.15, -0.1) is 11.3 Å². The summed E-state index contributed by atoms with van der Waals surface area (Å²) in [7, 11) is 0. The van der Waals surface area contributed by atoms with Gasteiger partial charge in [0.15, 0.2) is 6.61 Å². The number of anilines is 1. The van der Waals surface area contributed by atoms with E-state index in [2.05, 4.69) is 4.98 Å². The summed E-state index contributed by atoms with van der Waals surface area (Å²) in [6.45, 7) is 2.01. The summed E-state index contributed by atoms with van der Waals surface area (Å²) in [4.78, 5) is 30.8. The van der Waals surface area contributed by atoms with E-state index in [0.29, 0.717) is 18.0 Å². The summed E-state index contributed by atoms with van der Waals surface area (Å²) in [6, 6.07) is 17.6. The summed E-state index contributed by atoms with van der Waals surface area (Å²) >= 11 is 1.54. The average Bonchev–Trinajstić information content (AvgIpc) is 3.22. The molecule has 0 saturated carbocycles. The van der Waals surface area contributed by atoms with Gasteiger partial charge >= 0.3 is 5.97 Å². The molecule has 0 bridgehead atoms. The minimum Gasteiger partial charge on any atom is -0.487 e. The molecular formula is C23H21N3O4S. The van der Waals surface area contributed by atoms with Crippen molar-refractivity contribution in [1.82, 2.24) is 4.98 Å². The fourth-order valence-corrected chi connectivity index (χ4v) is 3.40. The zero-order valence-electron chi connectivity index (χ0n) is 17.0. The van der Waals surface area contributed by atoms with Crippen molar-refractivity contribution in [2.24, 2.45) is 0 Å². The molecule has 0 spiro atoms. The summed E-state index contributed by atoms with van der Waals surface area (Å²) in [5.74, 6) is -0.524. The van der Waals surface area contributed by atoms with E-state index in [1.54, 1.807) is 59.9 Å². The molecule has 3 aromatic rings. The first-order valence-corrected chi connectivity index (χ1v) is 10.5. The smallest absolute Gasteiger partial charge is 0.338 e. The van der Waals surface area contributed by atoms with Crippen molar-refractivity contribution in [2.75, 3.05) is 18.1 Å². The van der Waals surface area contributed by atoms with Gasteiger partial charge < -0.3 is 14.4 Å². The second kappa shape index (κ2) is 10.9. The molecule has 0 fully saturated rings. The van der Waals surface area contributed by atoms with Crippen LogP contribution in [0.3, 0.4) is 0 Å². The highest BCUT2D eigenvalue weighted by molar-refractivity contribution is 7.09. The van der Waals surface area contributed by atoms with Gasteiger partial charge in [0.1, 0.15) is 12.4 Å². The van der Waals surface area contributed by atoms with Gasteiger partial charge in [-0.25, -0.2) is 9.78 Å². The van der Waals surface area contributed by atoms with E-state index < -0.39 is 18.5 Å². The number of nitrogens with zero attached hydrogens (tertiary/aromatic N) is 3. The Kier molecular flexibility index (Phi) is 7.73. The van der Waals surface area contributed by atoms with Gasteiger partial charge in [0.25, 0.3) is 5.91 Å². The first-order valence-electron chi connectivity index (χ1n) is 9.60. The topological polar surface area (TPSA) is 92.5 Å². The van der Waals surface area contributed by atoms with E-state index in [9.17, 15) is 9.59 Å². The predicted molar refractivity (Wildman–Crippen MR) is 117 cm³/mol. The molecule has 0 N–H and O–H groups in total. The lowest BCUT2D eigenvalue weighted by atomic mass is 10.2. The molecule has 0 aliphatic heterocycles. The first kappa shape index (κ1) is 22.0. The van der Waals surface area contributed by atoms with Crippen LogP contribution in [0.5, 0.6) is 5.75 Å². The molecule has 0 aliphatic carbocycles. The van der Waals surface area contributed by atoms with Crippen molar-refractivity contribution in [2.45, 2.75) is 20.0 Å². The second-order valence-electron chi connectivity index (χ2n) is 6.54. The molecule has 8 heteroatoms. The summed E-state index contributed by atoms with van der Waals surface area (Å²) in [5.41, 5.74) is 1.74. The summed E-state index contributed by atoms with van der Waals surface area (Å²) in [6.07, 6.45) is 0.173. The Morgan fingerprint density at radius 2 is 1.97 bits per heavy atom. The maximum atomic E-state index is 12.6. The van der Waals surface area contributed by atoms with Crippen molar-refractivity contribution in [3.8, 4) is 11.8 Å². The molecule has 0 aliphatic rings. The van der Waals surface area contributed by atoms with Gasteiger partial charge in [0.2, 0.25) is 0 Å². The summed E-state index contributed by atoms with van der Waals surface area (Å²) < 4.78 is 10.9. The fraction of sp³-hybridized carbons (Fsp3) is 0.217. The van der Waals surface area contributed by atoms with Crippen LogP contribution in [-0.2, 0) is 16.1 Å². The Labute approximate surface area is 184 Å². The average molecular weight is 436 g/mol. The molecule has 0 saturated heterocycles. The zero-order valence-corrected chi connectivity index (χ0v) is 17.8. The number of amides is 1. The number of ether oxygens (including phenoxy) is 2. The molecule has 1 amide bonds. The second-order valence-corrected chi connectivity index (χ2v) is 7.60. The van der Waals surface area contributed by atoms with E-state index in [1.165, 1.54) is 4.90 Å². The first-order chi connectivity index (χ1) is 15.1. The SMILES string of the molecule is Cc1nc(COc2cccc(C(=O)OCC(=O)N(CCC#N)c3ccccc3)c2)cs1. The molecule has 31 heavy (non-hydrogen) atoms. The molecule has 7 nitrogen and oxygen atoms in total. The number of aryl methyl sites for hydroxylation is 1. The molecule has 2 aromatic carbocycles. The Morgan fingerprint density at radius 3 is 2.68 bits per heavy atom. The van der Waals surface area contributed by atoms with Gasteiger partial charge in [-0.3, -0.25) is 4.79 Å². The van der Waals surface area contributed by atoms with Gasteiger partial charge in [-0.1, -0.05) is 24.3 Å². The van der Waals surface area contributed by atoms with Crippen LogP contribution < -0.4 is 9.64 Å². The Hall–Kier alpha value is -3.70. The van der Waals surface area contributed by atoms with Crippen molar-refractivity contribution in [1.29, 1.82) is 5.26 Å². The minimum absolute atomic E-state index is 0.173. The molecule has 0 unspecified atom stereocenters. The number of carbonyl (C=O) groups excluding carboxylic acids is 2. The lowest BCUT2D eigenvalue weighted by Crippen LogP contribution is -2.35. The maximum Gasteiger partial charge on any atom is 0.338 e. The van der Waals surface area contributed by atoms with Crippen molar-refractivity contribution < 1.29 is 19.1 Å². The van der Waals surface area contributed by atoms with Crippen molar-refractivity contribution in [3.63, 3.8) is 0 Å². The van der Waals surface area contributed by atoms with Crippen LogP contribution in [0.25, 0.3) is 0 Å². The van der Waals surface area contributed by atoms with E-state index in [-0.39, 0.29) is 18.5 Å². The number of thiazole rings is 1. The van der Waals surface area contributed by atoms with E-state index in [4.69, 9.17) is 14.7 Å². The highest BCUT2D eigenvalue weighted by Crippen LogP contribution is 2.18. The summed E-state index contributed by atoms with van der Waals surface area (Å²) in [5, 5.41) is 11.7. The number of benzene rings is 2. The lowest BCUT2D eigenvalue weighted by Gasteiger charge is -2.21. The number of hydrogen-bond acceptors (Lipinski definition) is 7. The predicted octanol–water partition coefficient (Wildman–Crippen LogP) is 4.13. The van der Waals surface area contributed by atoms with Gasteiger partial charge in [0.05, 0.1) is 28.8 Å². The molecule has 0 atom stereocenters. The quantitative estimate of drug-likeness (QED) is 0.469. The van der Waals surface area contributed by atoms with Crippen LogP contribution in [0, 0.1) is 18.3 Å². The van der Waals surface area contributed by atoms with Crippen LogP contribution in [0.15, 0.2) is 60.0 Å². The van der Waals surface area contributed by atoms with E-state index >= 15 is 0 Å². The monoisotopic (exact) mass is 435 g/mol. The Bertz CT molecular complexity index is 1080. The number of hydrogen-bond donors (Lipinski definition) is 0. The molecule has 3 rings (SSSR count). The van der Waals surface area contributed by atoms with Crippen LogP contribution in [0.2, 0.25) is 0 Å². The zero-order chi connectivity index (χ0) is 22.1. The maximum absolute atomic E-state index is 12.6. The number of esters is 1. The highest BCUT2D eigenvalue weighted by Gasteiger charge is 2.18.